The number of nitrogens with two attached hydrogens (primary N) is 1. The van der Waals surface area contributed by atoms with Crippen LogP contribution in [0.3, 0.4) is 0 Å². The smallest absolute Gasteiger partial charge is 0.269 e. The average molecular weight is 139 g/mol. The Hall–Kier alpha value is -1.58. The highest BCUT2D eigenvalue weighted by Crippen LogP contribution is 2.31. The van der Waals surface area contributed by atoms with Crippen LogP contribution in [0.5, 0.6) is 5.75 Å². The maximum atomic E-state index is 9.02. The van der Waals surface area contributed by atoms with E-state index in [2.05, 4.69) is 9.15 Å². The fraction of sp³-hybridized carbons (Fsp3) is 0. The van der Waals surface area contributed by atoms with Crippen molar-refractivity contribution in [1.29, 1.82) is 0 Å². The van der Waals surface area contributed by atoms with E-state index in [4.69, 9.17) is 10.8 Å². The third kappa shape index (κ3) is 0.452. The Morgan fingerprint density at radius 3 is 2.40 bits per heavy atom. The van der Waals surface area contributed by atoms with Gasteiger partial charge in [-0.05, 0) is 12.1 Å². The van der Waals surface area contributed by atoms with Gasteiger partial charge in [0.1, 0.15) is 0 Å². The van der Waals surface area contributed by atoms with Gasteiger partial charge in [0, 0.05) is 0 Å². The molecule has 3 N–H and O–H groups in total. The second-order valence-corrected chi connectivity index (χ2v) is 2.00. The van der Waals surface area contributed by atoms with Crippen molar-refractivity contribution in [3.05, 3.63) is 12.1 Å². The molecular formula is C6H5NO3. The minimum atomic E-state index is 0.0513. The topological polar surface area (TPSA) is 72.5 Å². The zero-order valence-corrected chi connectivity index (χ0v) is 5.00. The third-order valence-electron chi connectivity index (χ3n) is 1.33. The number of nitrogen functional groups attached to an aromatic ring is 1. The van der Waals surface area contributed by atoms with E-state index in [1.54, 1.807) is 6.07 Å². The van der Waals surface area contributed by atoms with Crippen molar-refractivity contribution >= 4 is 16.9 Å². The summed E-state index contributed by atoms with van der Waals surface area (Å²) in [6, 6.07) is 3.01. The summed E-state index contributed by atoms with van der Waals surface area (Å²) >= 11 is 0. The first-order chi connectivity index (χ1) is 4.79. The summed E-state index contributed by atoms with van der Waals surface area (Å²) in [5, 5.41) is 9.02. The van der Waals surface area contributed by atoms with Crippen LogP contribution in [0.15, 0.2) is 21.3 Å². The normalized spacial score (nSPS) is 10.8. The summed E-state index contributed by atoms with van der Waals surface area (Å²) in [6.45, 7) is 0. The first-order valence-electron chi connectivity index (χ1n) is 2.75. The Kier molecular flexibility index (Phi) is 0.768. The Morgan fingerprint density at radius 1 is 1.20 bits per heavy atom. The molecular weight excluding hydrogens is 134 g/mol. The molecule has 0 fully saturated rings. The highest BCUT2D eigenvalue weighted by molar-refractivity contribution is 5.88. The molecule has 4 heteroatoms. The lowest BCUT2D eigenvalue weighted by Gasteiger charge is -2.01. The van der Waals surface area contributed by atoms with Gasteiger partial charge in [-0.2, -0.15) is 0 Å². The molecule has 1 heterocycles. The highest BCUT2D eigenvalue weighted by atomic mass is 17.0. The van der Waals surface area contributed by atoms with Crippen LogP contribution in [0, 0.1) is 0 Å². The molecule has 0 bridgehead atoms. The number of hydrogen-bond acceptors (Lipinski definition) is 4. The molecule has 0 radical (unpaired) electrons. The lowest BCUT2D eigenvalue weighted by atomic mass is 10.3. The van der Waals surface area contributed by atoms with Crippen molar-refractivity contribution in [2.45, 2.75) is 0 Å². The third-order valence-corrected chi connectivity index (χ3v) is 1.33. The van der Waals surface area contributed by atoms with Gasteiger partial charge in [0.15, 0.2) is 5.75 Å². The number of anilines is 1. The largest absolute Gasteiger partial charge is 0.504 e. The van der Waals surface area contributed by atoms with Crippen LogP contribution in [-0.2, 0) is 0 Å². The molecule has 2 aromatic rings. The number of hydrogen-bond donors (Lipinski definition) is 2. The van der Waals surface area contributed by atoms with Gasteiger partial charge in [-0.3, -0.25) is 9.15 Å². The first-order valence-corrected chi connectivity index (χ1v) is 2.75. The van der Waals surface area contributed by atoms with Gasteiger partial charge in [-0.25, -0.2) is 0 Å². The SMILES string of the molecule is Nc1ccc(O)c2ooc12. The summed E-state index contributed by atoms with van der Waals surface area (Å²) in [5.74, 6) is 0.0513. The van der Waals surface area contributed by atoms with Crippen LogP contribution in [0.1, 0.15) is 0 Å². The van der Waals surface area contributed by atoms with Gasteiger partial charge in [-0.15, -0.1) is 0 Å². The molecule has 0 aliphatic rings. The maximum absolute atomic E-state index is 9.02. The van der Waals surface area contributed by atoms with Crippen molar-refractivity contribution in [2.75, 3.05) is 5.73 Å². The molecule has 4 nitrogen and oxygen atoms in total. The number of aromatic hydroxyl groups is 1. The van der Waals surface area contributed by atoms with Crippen molar-refractivity contribution in [3.63, 3.8) is 0 Å². The van der Waals surface area contributed by atoms with Crippen LogP contribution in [0.2, 0.25) is 0 Å². The molecule has 1 aromatic heterocycles. The minimum absolute atomic E-state index is 0.0513. The van der Waals surface area contributed by atoms with E-state index in [-0.39, 0.29) is 5.75 Å². The van der Waals surface area contributed by atoms with E-state index in [1.807, 2.05) is 0 Å². The van der Waals surface area contributed by atoms with E-state index in [0.29, 0.717) is 16.9 Å². The molecule has 0 unspecified atom stereocenters. The van der Waals surface area contributed by atoms with E-state index in [0.717, 1.165) is 0 Å². The summed E-state index contributed by atoms with van der Waals surface area (Å²) in [5.41, 5.74) is 6.63. The Balaban J connectivity index is 2.85. The zero-order chi connectivity index (χ0) is 7.14. The van der Waals surface area contributed by atoms with Crippen molar-refractivity contribution < 1.29 is 14.3 Å². The van der Waals surface area contributed by atoms with Gasteiger partial charge in [0.2, 0.25) is 0 Å². The van der Waals surface area contributed by atoms with E-state index in [1.165, 1.54) is 6.07 Å². The average Bonchev–Trinajstić information content (AvgIpc) is 1.78. The van der Waals surface area contributed by atoms with Crippen LogP contribution in [0.4, 0.5) is 5.69 Å². The van der Waals surface area contributed by atoms with E-state index in [9.17, 15) is 0 Å². The Labute approximate surface area is 55.8 Å². The molecule has 0 amide bonds. The summed E-state index contributed by atoms with van der Waals surface area (Å²) in [4.78, 5) is 0. The molecule has 0 atom stereocenters. The highest BCUT2D eigenvalue weighted by Gasteiger charge is 2.12. The van der Waals surface area contributed by atoms with Gasteiger partial charge < -0.3 is 10.8 Å². The van der Waals surface area contributed by atoms with Crippen LogP contribution >= 0.6 is 0 Å². The number of phenols is 1. The quantitative estimate of drug-likeness (QED) is 0.328. The molecule has 10 heavy (non-hydrogen) atoms. The predicted octanol–water partition coefficient (Wildman–Crippen LogP) is 1.31. The van der Waals surface area contributed by atoms with Crippen molar-refractivity contribution in [3.8, 4) is 5.75 Å². The van der Waals surface area contributed by atoms with E-state index >= 15 is 0 Å². The standard InChI is InChI=1S/C6H5NO3/c7-3-1-2-4(8)6-5(3)9-10-6/h1-2,8H,7H2. The van der Waals surface area contributed by atoms with Crippen LogP contribution < -0.4 is 5.73 Å². The zero-order valence-electron chi connectivity index (χ0n) is 5.00. The van der Waals surface area contributed by atoms with Gasteiger partial charge in [-0.1, -0.05) is 0 Å². The molecule has 0 aliphatic heterocycles. The number of benzene rings is 1. The summed E-state index contributed by atoms with van der Waals surface area (Å²) in [7, 11) is 0. The van der Waals surface area contributed by atoms with Crippen molar-refractivity contribution in [2.24, 2.45) is 0 Å². The maximum Gasteiger partial charge on any atom is 0.269 e. The number of phenolic OH excluding ortho intramolecular Hbond substituents is 1. The van der Waals surface area contributed by atoms with Crippen molar-refractivity contribution in [1.82, 2.24) is 0 Å². The number of fused-ring (bicyclic) bond motifs is 1. The Bertz CT molecular complexity index is 325. The molecule has 1 aromatic carbocycles. The molecule has 0 spiro atoms. The molecule has 52 valence electrons. The van der Waals surface area contributed by atoms with Gasteiger partial charge in [0.25, 0.3) is 11.2 Å². The van der Waals surface area contributed by atoms with Gasteiger partial charge in [0.05, 0.1) is 5.69 Å². The van der Waals surface area contributed by atoms with Crippen LogP contribution in [-0.4, -0.2) is 5.11 Å². The van der Waals surface area contributed by atoms with Crippen LogP contribution in [0.25, 0.3) is 11.2 Å². The predicted molar refractivity (Wildman–Crippen MR) is 34.6 cm³/mol. The minimum Gasteiger partial charge on any atom is -0.504 e. The lowest BCUT2D eigenvalue weighted by Crippen LogP contribution is -1.87. The fourth-order valence-corrected chi connectivity index (χ4v) is 0.783. The Morgan fingerprint density at radius 2 is 1.90 bits per heavy atom. The second kappa shape index (κ2) is 1.47. The summed E-state index contributed by atoms with van der Waals surface area (Å²) < 4.78 is 8.96. The number of rotatable bonds is 0. The monoisotopic (exact) mass is 139 g/mol. The molecule has 0 saturated heterocycles. The first kappa shape index (κ1) is 5.22. The molecule has 0 saturated carbocycles. The molecule has 2 rings (SSSR count). The lowest BCUT2D eigenvalue weighted by molar-refractivity contribution is 0.0572. The van der Waals surface area contributed by atoms with Gasteiger partial charge >= 0.3 is 0 Å². The molecule has 0 aliphatic carbocycles. The van der Waals surface area contributed by atoms with E-state index < -0.39 is 0 Å². The summed E-state index contributed by atoms with van der Waals surface area (Å²) in [6.07, 6.45) is 0. The second-order valence-electron chi connectivity index (χ2n) is 2.00. The fourth-order valence-electron chi connectivity index (χ4n) is 0.783.